The van der Waals surface area contributed by atoms with Gasteiger partial charge < -0.3 is 14.8 Å². The van der Waals surface area contributed by atoms with Crippen molar-refractivity contribution in [1.29, 1.82) is 0 Å². The van der Waals surface area contributed by atoms with Gasteiger partial charge in [-0.2, -0.15) is 4.37 Å². The van der Waals surface area contributed by atoms with E-state index in [2.05, 4.69) is 9.69 Å². The van der Waals surface area contributed by atoms with Crippen LogP contribution in [0.4, 0.5) is 5.69 Å². The molecule has 34 heavy (non-hydrogen) atoms. The summed E-state index contributed by atoms with van der Waals surface area (Å²) in [5.41, 5.74) is 3.68. The van der Waals surface area contributed by atoms with Crippen LogP contribution >= 0.6 is 23.3 Å². The number of thioether (sulfide) groups is 1. The zero-order valence-electron chi connectivity index (χ0n) is 19.2. The molecule has 0 aliphatic carbocycles. The molecule has 0 unspecified atom stereocenters. The van der Waals surface area contributed by atoms with E-state index in [-0.39, 0.29) is 17.2 Å². The fourth-order valence-corrected chi connectivity index (χ4v) is 5.04. The molecule has 2 heterocycles. The molecule has 0 spiro atoms. The molecule has 0 saturated heterocycles. The van der Waals surface area contributed by atoms with Gasteiger partial charge in [-0.3, -0.25) is 14.2 Å². The number of hydrogen-bond acceptors (Lipinski definition) is 8. The molecule has 10 heteroatoms. The average molecular weight is 497 g/mol. The van der Waals surface area contributed by atoms with Gasteiger partial charge in [0.15, 0.2) is 5.16 Å². The Hall–Kier alpha value is -3.37. The molecule has 0 radical (unpaired) electrons. The van der Waals surface area contributed by atoms with Gasteiger partial charge in [-0.05, 0) is 25.4 Å². The van der Waals surface area contributed by atoms with Crippen molar-refractivity contribution >= 4 is 45.1 Å². The third-order valence-corrected chi connectivity index (χ3v) is 6.95. The number of carbonyl (C=O) groups excluding carboxylic acids is 1. The molecule has 4 rings (SSSR count). The minimum Gasteiger partial charge on any atom is -0.497 e. The molecular formula is C24H24N4O4S2. The smallest absolute Gasteiger partial charge is 0.273 e. The summed E-state index contributed by atoms with van der Waals surface area (Å²) in [7, 11) is 3.10. The van der Waals surface area contributed by atoms with Crippen LogP contribution < -0.4 is 20.3 Å². The number of benzene rings is 2. The quantitative estimate of drug-likeness (QED) is 0.281. The number of anilines is 1. The second-order valence-electron chi connectivity index (χ2n) is 7.46. The summed E-state index contributed by atoms with van der Waals surface area (Å²) < 4.78 is 17.1. The van der Waals surface area contributed by atoms with Crippen molar-refractivity contribution in [3.8, 4) is 22.8 Å². The van der Waals surface area contributed by atoms with Gasteiger partial charge in [-0.15, -0.1) is 0 Å². The first-order valence-electron chi connectivity index (χ1n) is 10.6. The molecule has 0 fully saturated rings. The lowest BCUT2D eigenvalue weighted by Crippen LogP contribution is -2.23. The standard InChI is InChI=1S/C24H24N4O4S2/c1-5-28-23(30)22-21(20(27-34-22)15-8-6-14(2)7-9-15)26-24(28)33-13-19(29)25-16-10-17(31-3)12-18(11-16)32-4/h6-12H,5,13H2,1-4H3,(H,25,29). The zero-order valence-corrected chi connectivity index (χ0v) is 20.9. The Morgan fingerprint density at radius 2 is 1.79 bits per heavy atom. The maximum Gasteiger partial charge on any atom is 0.273 e. The first-order chi connectivity index (χ1) is 16.4. The third-order valence-electron chi connectivity index (χ3n) is 5.15. The molecule has 1 amide bonds. The second-order valence-corrected chi connectivity index (χ2v) is 9.17. The first kappa shape index (κ1) is 23.8. The summed E-state index contributed by atoms with van der Waals surface area (Å²) in [5.74, 6) is 0.986. The normalized spacial score (nSPS) is 10.9. The SMILES string of the molecule is CCn1c(SCC(=O)Nc2cc(OC)cc(OC)c2)nc2c(-c3ccc(C)cc3)nsc2c1=O. The fraction of sp³-hybridized carbons (Fsp3) is 0.250. The molecule has 2 aromatic heterocycles. The third kappa shape index (κ3) is 4.92. The van der Waals surface area contributed by atoms with Gasteiger partial charge >= 0.3 is 0 Å². The fourth-order valence-electron chi connectivity index (χ4n) is 3.39. The molecular weight excluding hydrogens is 472 g/mol. The maximum absolute atomic E-state index is 13.1. The highest BCUT2D eigenvalue weighted by Crippen LogP contribution is 2.30. The topological polar surface area (TPSA) is 95.3 Å². The lowest BCUT2D eigenvalue weighted by atomic mass is 10.1. The van der Waals surface area contributed by atoms with Crippen LogP contribution in [0.5, 0.6) is 11.5 Å². The highest BCUT2D eigenvalue weighted by molar-refractivity contribution is 7.99. The minimum atomic E-state index is -0.237. The average Bonchev–Trinajstić information content (AvgIpc) is 3.27. The Balaban J connectivity index is 1.60. The summed E-state index contributed by atoms with van der Waals surface area (Å²) in [5, 5.41) is 3.32. The number of nitrogens with zero attached hydrogens (tertiary/aromatic N) is 3. The van der Waals surface area contributed by atoms with Crippen LogP contribution in [0.25, 0.3) is 21.5 Å². The molecule has 0 saturated carbocycles. The number of aromatic nitrogens is 3. The van der Waals surface area contributed by atoms with E-state index >= 15 is 0 Å². The molecule has 0 aliphatic rings. The van der Waals surface area contributed by atoms with Crippen molar-refractivity contribution in [3.63, 3.8) is 0 Å². The van der Waals surface area contributed by atoms with Gasteiger partial charge in [-0.25, -0.2) is 4.98 Å². The summed E-state index contributed by atoms with van der Waals surface area (Å²) in [4.78, 5) is 30.5. The Morgan fingerprint density at radius 3 is 2.41 bits per heavy atom. The van der Waals surface area contributed by atoms with Gasteiger partial charge in [-0.1, -0.05) is 41.6 Å². The van der Waals surface area contributed by atoms with Gasteiger partial charge in [0.25, 0.3) is 5.56 Å². The number of carbonyl (C=O) groups is 1. The lowest BCUT2D eigenvalue weighted by molar-refractivity contribution is -0.113. The van der Waals surface area contributed by atoms with E-state index in [0.29, 0.717) is 44.8 Å². The number of fused-ring (bicyclic) bond motifs is 1. The second kappa shape index (κ2) is 10.3. The number of rotatable bonds is 8. The van der Waals surface area contributed by atoms with Crippen LogP contribution in [-0.2, 0) is 11.3 Å². The predicted octanol–water partition coefficient (Wildman–Crippen LogP) is 4.60. The summed E-state index contributed by atoms with van der Waals surface area (Å²) in [6.45, 7) is 4.34. The molecule has 0 aliphatic heterocycles. The maximum atomic E-state index is 13.1. The van der Waals surface area contributed by atoms with Crippen LogP contribution in [0.2, 0.25) is 0 Å². The Kier molecular flexibility index (Phi) is 7.18. The van der Waals surface area contributed by atoms with Gasteiger partial charge in [0.05, 0.1) is 20.0 Å². The Morgan fingerprint density at radius 1 is 1.12 bits per heavy atom. The number of nitrogens with one attached hydrogen (secondary N) is 1. The monoisotopic (exact) mass is 496 g/mol. The van der Waals surface area contributed by atoms with Gasteiger partial charge in [0.2, 0.25) is 5.91 Å². The van der Waals surface area contributed by atoms with E-state index in [9.17, 15) is 9.59 Å². The van der Waals surface area contributed by atoms with E-state index in [0.717, 1.165) is 22.7 Å². The number of ether oxygens (including phenoxy) is 2. The summed E-state index contributed by atoms with van der Waals surface area (Å²) >= 11 is 2.36. The molecule has 0 bridgehead atoms. The number of aryl methyl sites for hydroxylation is 1. The van der Waals surface area contributed by atoms with Crippen LogP contribution in [0, 0.1) is 6.92 Å². The van der Waals surface area contributed by atoms with E-state index in [1.807, 2.05) is 38.1 Å². The molecule has 1 N–H and O–H groups in total. The molecule has 4 aromatic rings. The van der Waals surface area contributed by atoms with Gasteiger partial charge in [0.1, 0.15) is 27.4 Å². The van der Waals surface area contributed by atoms with Crippen molar-refractivity contribution in [3.05, 3.63) is 58.4 Å². The van der Waals surface area contributed by atoms with Crippen molar-refractivity contribution < 1.29 is 14.3 Å². The van der Waals surface area contributed by atoms with Crippen LogP contribution in [0.3, 0.4) is 0 Å². The lowest BCUT2D eigenvalue weighted by Gasteiger charge is -2.11. The van der Waals surface area contributed by atoms with Crippen molar-refractivity contribution in [2.24, 2.45) is 0 Å². The Bertz CT molecular complexity index is 1370. The van der Waals surface area contributed by atoms with Crippen LogP contribution in [-0.4, -0.2) is 39.8 Å². The highest BCUT2D eigenvalue weighted by atomic mass is 32.2. The molecule has 2 aromatic carbocycles. The molecule has 8 nitrogen and oxygen atoms in total. The summed E-state index contributed by atoms with van der Waals surface area (Å²) in [6.07, 6.45) is 0. The number of methoxy groups -OCH3 is 2. The largest absolute Gasteiger partial charge is 0.497 e. The Labute approximate surface area is 205 Å². The zero-order chi connectivity index (χ0) is 24.2. The van der Waals surface area contributed by atoms with Gasteiger partial charge in [0, 0.05) is 36.0 Å². The molecule has 0 atom stereocenters. The van der Waals surface area contributed by atoms with Crippen molar-refractivity contribution in [2.75, 3.05) is 25.3 Å². The summed E-state index contributed by atoms with van der Waals surface area (Å²) in [6, 6.07) is 13.1. The predicted molar refractivity (Wildman–Crippen MR) is 136 cm³/mol. The van der Waals surface area contributed by atoms with E-state index in [1.54, 1.807) is 37.0 Å². The number of hydrogen-bond donors (Lipinski definition) is 1. The van der Waals surface area contributed by atoms with Crippen molar-refractivity contribution in [1.82, 2.24) is 13.9 Å². The molecule has 176 valence electrons. The first-order valence-corrected chi connectivity index (χ1v) is 12.3. The van der Waals surface area contributed by atoms with Crippen molar-refractivity contribution in [2.45, 2.75) is 25.5 Å². The van der Waals surface area contributed by atoms with E-state index < -0.39 is 0 Å². The van der Waals surface area contributed by atoms with Crippen LogP contribution in [0.1, 0.15) is 12.5 Å². The minimum absolute atomic E-state index is 0.0783. The van der Waals surface area contributed by atoms with E-state index in [1.165, 1.54) is 11.8 Å². The van der Waals surface area contributed by atoms with E-state index in [4.69, 9.17) is 14.5 Å². The number of amides is 1. The highest BCUT2D eigenvalue weighted by Gasteiger charge is 2.18. The van der Waals surface area contributed by atoms with Crippen LogP contribution in [0.15, 0.2) is 52.4 Å².